The number of anilines is 1. The number of amides is 1. The Morgan fingerprint density at radius 2 is 1.83 bits per heavy atom. The van der Waals surface area contributed by atoms with Gasteiger partial charge in [-0.15, -0.1) is 0 Å². The Hall–Kier alpha value is -2.50. The average Bonchev–Trinajstić information content (AvgIpc) is 2.99. The molecule has 1 aromatic heterocycles. The number of aromatic nitrogens is 1. The van der Waals surface area contributed by atoms with E-state index in [0.717, 1.165) is 5.56 Å². The number of phenols is 1. The van der Waals surface area contributed by atoms with Gasteiger partial charge in [0.25, 0.3) is 5.91 Å². The van der Waals surface area contributed by atoms with Crippen molar-refractivity contribution in [1.29, 1.82) is 0 Å². The summed E-state index contributed by atoms with van der Waals surface area (Å²) in [6.07, 6.45) is 0. The van der Waals surface area contributed by atoms with Gasteiger partial charge in [-0.25, -0.2) is 0 Å². The van der Waals surface area contributed by atoms with Crippen molar-refractivity contribution in [2.45, 2.75) is 6.92 Å². The standard InChI is InChI=1S/C17H12Cl2N2O3/c1-9-2-3-10(4-15(9)22)16-8-14(21-24-16)17(23)20-13-6-11(18)5-12(19)7-13/h2-8,22H,1H3,(H,20,23). The second kappa shape index (κ2) is 6.55. The number of rotatable bonds is 3. The average molecular weight is 363 g/mol. The van der Waals surface area contributed by atoms with E-state index in [-0.39, 0.29) is 11.4 Å². The molecule has 0 unspecified atom stereocenters. The quantitative estimate of drug-likeness (QED) is 0.693. The Morgan fingerprint density at radius 3 is 2.50 bits per heavy atom. The van der Waals surface area contributed by atoms with Crippen LogP contribution < -0.4 is 5.32 Å². The van der Waals surface area contributed by atoms with Crippen LogP contribution in [0.4, 0.5) is 5.69 Å². The van der Waals surface area contributed by atoms with Crippen LogP contribution in [0.2, 0.25) is 10.0 Å². The second-order valence-electron chi connectivity index (χ2n) is 5.19. The maximum absolute atomic E-state index is 12.2. The fourth-order valence-electron chi connectivity index (χ4n) is 2.10. The van der Waals surface area contributed by atoms with Gasteiger partial charge in [-0.05, 0) is 36.8 Å². The van der Waals surface area contributed by atoms with Crippen LogP contribution in [0, 0.1) is 6.92 Å². The summed E-state index contributed by atoms with van der Waals surface area (Å²) in [6.45, 7) is 1.79. The molecule has 2 aromatic carbocycles. The largest absolute Gasteiger partial charge is 0.508 e. The van der Waals surface area contributed by atoms with Crippen molar-refractivity contribution in [2.24, 2.45) is 0 Å². The van der Waals surface area contributed by atoms with Gasteiger partial charge >= 0.3 is 0 Å². The van der Waals surface area contributed by atoms with Crippen molar-refractivity contribution >= 4 is 34.8 Å². The van der Waals surface area contributed by atoms with Gasteiger partial charge < -0.3 is 14.9 Å². The highest BCUT2D eigenvalue weighted by molar-refractivity contribution is 6.35. The predicted octanol–water partition coefficient (Wildman–Crippen LogP) is 4.91. The summed E-state index contributed by atoms with van der Waals surface area (Å²) in [7, 11) is 0. The van der Waals surface area contributed by atoms with Crippen LogP contribution >= 0.6 is 23.2 Å². The fraction of sp³-hybridized carbons (Fsp3) is 0.0588. The molecule has 1 heterocycles. The summed E-state index contributed by atoms with van der Waals surface area (Å²) in [5.74, 6) is 0.0581. The zero-order valence-corrected chi connectivity index (χ0v) is 14.0. The van der Waals surface area contributed by atoms with Crippen molar-refractivity contribution in [1.82, 2.24) is 5.16 Å². The van der Waals surface area contributed by atoms with Crippen molar-refractivity contribution in [2.75, 3.05) is 5.32 Å². The maximum atomic E-state index is 12.2. The highest BCUT2D eigenvalue weighted by Crippen LogP contribution is 2.27. The Kier molecular flexibility index (Phi) is 4.46. The van der Waals surface area contributed by atoms with Crippen molar-refractivity contribution in [3.05, 3.63) is 63.8 Å². The normalized spacial score (nSPS) is 10.6. The van der Waals surface area contributed by atoms with Gasteiger partial charge in [-0.2, -0.15) is 0 Å². The van der Waals surface area contributed by atoms with E-state index in [2.05, 4.69) is 10.5 Å². The van der Waals surface area contributed by atoms with Crippen LogP contribution in [0.15, 0.2) is 47.0 Å². The molecule has 0 aliphatic heterocycles. The van der Waals surface area contributed by atoms with Crippen molar-refractivity contribution in [3.63, 3.8) is 0 Å². The minimum atomic E-state index is -0.459. The first-order valence-electron chi connectivity index (χ1n) is 6.96. The molecule has 0 atom stereocenters. The molecule has 0 aliphatic rings. The molecule has 5 nitrogen and oxygen atoms in total. The zero-order chi connectivity index (χ0) is 17.3. The third kappa shape index (κ3) is 3.53. The van der Waals surface area contributed by atoms with E-state index >= 15 is 0 Å². The lowest BCUT2D eigenvalue weighted by Gasteiger charge is -2.04. The minimum absolute atomic E-state index is 0.0983. The number of phenolic OH excluding ortho intramolecular Hbond substituents is 1. The number of benzene rings is 2. The molecular weight excluding hydrogens is 351 g/mol. The molecular formula is C17H12Cl2N2O3. The summed E-state index contributed by atoms with van der Waals surface area (Å²) >= 11 is 11.8. The van der Waals surface area contributed by atoms with Crippen LogP contribution in [-0.2, 0) is 0 Å². The topological polar surface area (TPSA) is 75.4 Å². The molecule has 2 N–H and O–H groups in total. The number of nitrogens with one attached hydrogen (secondary N) is 1. The van der Waals surface area contributed by atoms with E-state index < -0.39 is 5.91 Å². The molecule has 0 aliphatic carbocycles. The number of aryl methyl sites for hydroxylation is 1. The molecule has 24 heavy (non-hydrogen) atoms. The number of aromatic hydroxyl groups is 1. The molecule has 0 bridgehead atoms. The highest BCUT2D eigenvalue weighted by Gasteiger charge is 2.15. The number of carbonyl (C=O) groups excluding carboxylic acids is 1. The third-order valence-corrected chi connectivity index (χ3v) is 3.79. The number of halogens is 2. The van der Waals surface area contributed by atoms with Gasteiger partial charge in [-0.3, -0.25) is 4.79 Å². The van der Waals surface area contributed by atoms with Gasteiger partial charge in [-0.1, -0.05) is 40.5 Å². The summed E-state index contributed by atoms with van der Waals surface area (Å²) in [4.78, 5) is 12.2. The Bertz CT molecular complexity index is 902. The van der Waals surface area contributed by atoms with E-state index in [9.17, 15) is 9.90 Å². The first-order chi connectivity index (χ1) is 11.4. The SMILES string of the molecule is Cc1ccc(-c2cc(C(=O)Nc3cc(Cl)cc(Cl)c3)no2)cc1O. The minimum Gasteiger partial charge on any atom is -0.508 e. The molecule has 0 saturated heterocycles. The summed E-state index contributed by atoms with van der Waals surface area (Å²) in [6, 6.07) is 11.3. The number of hydrogen-bond donors (Lipinski definition) is 2. The molecule has 0 spiro atoms. The van der Waals surface area contributed by atoms with Crippen molar-refractivity contribution < 1.29 is 14.4 Å². The molecule has 0 saturated carbocycles. The lowest BCUT2D eigenvalue weighted by atomic mass is 10.1. The smallest absolute Gasteiger partial charge is 0.277 e. The van der Waals surface area contributed by atoms with E-state index in [1.807, 2.05) is 0 Å². The second-order valence-corrected chi connectivity index (χ2v) is 6.06. The van der Waals surface area contributed by atoms with Crippen LogP contribution in [0.1, 0.15) is 16.1 Å². The van der Waals surface area contributed by atoms with Crippen LogP contribution in [0.25, 0.3) is 11.3 Å². The maximum Gasteiger partial charge on any atom is 0.277 e. The Morgan fingerprint density at radius 1 is 1.12 bits per heavy atom. The molecule has 0 radical (unpaired) electrons. The van der Waals surface area contributed by atoms with Crippen LogP contribution in [0.3, 0.4) is 0 Å². The Balaban J connectivity index is 1.81. The van der Waals surface area contributed by atoms with E-state index in [4.69, 9.17) is 27.7 Å². The first-order valence-corrected chi connectivity index (χ1v) is 7.72. The van der Waals surface area contributed by atoms with Gasteiger partial charge in [0.15, 0.2) is 11.5 Å². The summed E-state index contributed by atoms with van der Waals surface area (Å²) < 4.78 is 5.18. The summed E-state index contributed by atoms with van der Waals surface area (Å²) in [5, 5.41) is 17.0. The number of nitrogens with zero attached hydrogens (tertiary/aromatic N) is 1. The number of hydrogen-bond acceptors (Lipinski definition) is 4. The van der Waals surface area contributed by atoms with E-state index in [1.165, 1.54) is 6.07 Å². The molecule has 3 aromatic rings. The van der Waals surface area contributed by atoms with Gasteiger partial charge in [0.05, 0.1) is 0 Å². The predicted molar refractivity (Wildman–Crippen MR) is 92.8 cm³/mol. The van der Waals surface area contributed by atoms with Gasteiger partial charge in [0, 0.05) is 27.4 Å². The van der Waals surface area contributed by atoms with E-state index in [0.29, 0.717) is 27.1 Å². The highest BCUT2D eigenvalue weighted by atomic mass is 35.5. The van der Waals surface area contributed by atoms with Gasteiger partial charge in [0.2, 0.25) is 0 Å². The lowest BCUT2D eigenvalue weighted by molar-refractivity contribution is 0.101. The first kappa shape index (κ1) is 16.4. The molecule has 7 heteroatoms. The van der Waals surface area contributed by atoms with E-state index in [1.54, 1.807) is 43.3 Å². The number of carbonyl (C=O) groups is 1. The third-order valence-electron chi connectivity index (χ3n) is 3.36. The molecule has 122 valence electrons. The summed E-state index contributed by atoms with van der Waals surface area (Å²) in [5.41, 5.74) is 1.92. The monoisotopic (exact) mass is 362 g/mol. The zero-order valence-electron chi connectivity index (χ0n) is 12.5. The lowest BCUT2D eigenvalue weighted by Crippen LogP contribution is -2.12. The van der Waals surface area contributed by atoms with Crippen LogP contribution in [0.5, 0.6) is 5.75 Å². The molecule has 1 amide bonds. The van der Waals surface area contributed by atoms with Crippen molar-refractivity contribution in [3.8, 4) is 17.1 Å². The fourth-order valence-corrected chi connectivity index (χ4v) is 2.63. The Labute approximate surface area is 147 Å². The molecule has 0 fully saturated rings. The van der Waals surface area contributed by atoms with Gasteiger partial charge in [0.1, 0.15) is 5.75 Å². The van der Waals surface area contributed by atoms with Crippen LogP contribution in [-0.4, -0.2) is 16.2 Å². The molecule has 3 rings (SSSR count).